The minimum absolute atomic E-state index is 0.0180. The second-order valence-corrected chi connectivity index (χ2v) is 9.27. The van der Waals surface area contributed by atoms with E-state index in [9.17, 15) is 13.2 Å². The number of nitrogens with one attached hydrogen (secondary N) is 2. The molecule has 2 N–H and O–H groups in total. The molecule has 1 aromatic heterocycles. The SMILES string of the molecule is C=C(NC1CCN(C)[C@@H](c2nc3c([nH]2)C=C(C(F)(F)F)CC=C3)C1)C1=C/C=C/CCCCC=C1. The molecule has 2 atom stereocenters. The van der Waals surface area contributed by atoms with E-state index in [1.165, 1.54) is 25.0 Å². The molecule has 1 aliphatic heterocycles. The molecule has 0 spiro atoms. The standard InChI is InChI=1S/C27H33F3N4/c1-19(20-11-8-6-4-3-5-7-9-12-20)31-22-15-16-34(2)25(18-22)26-32-23-14-10-13-21(27(28,29)30)17-24(23)33-26/h6,8-12,14,17,22,25,31H,1,3-5,7,13,15-16,18H2,2H3,(H,32,33)/b8-6+,12-9?,20-11?/t22?,25-/m1/s1. The Labute approximate surface area is 199 Å². The van der Waals surface area contributed by atoms with Crippen LogP contribution in [0.5, 0.6) is 0 Å². The highest BCUT2D eigenvalue weighted by Gasteiger charge is 2.34. The third kappa shape index (κ3) is 6.00. The van der Waals surface area contributed by atoms with Crippen LogP contribution in [0, 0.1) is 0 Å². The fraction of sp³-hybridized carbons (Fsp3) is 0.444. The Morgan fingerprint density at radius 3 is 2.76 bits per heavy atom. The molecule has 2 heterocycles. The van der Waals surface area contributed by atoms with Gasteiger partial charge in [-0.05, 0) is 69.7 Å². The number of nitrogens with zero attached hydrogens (tertiary/aromatic N) is 2. The van der Waals surface area contributed by atoms with Crippen molar-refractivity contribution >= 4 is 12.2 Å². The van der Waals surface area contributed by atoms with E-state index in [4.69, 9.17) is 0 Å². The van der Waals surface area contributed by atoms with Crippen molar-refractivity contribution in [2.75, 3.05) is 13.6 Å². The number of piperidine rings is 1. The molecule has 3 aliphatic rings. The van der Waals surface area contributed by atoms with Gasteiger partial charge >= 0.3 is 6.18 Å². The smallest absolute Gasteiger partial charge is 0.382 e. The van der Waals surface area contributed by atoms with Crippen LogP contribution in [0.25, 0.3) is 12.2 Å². The molecule has 4 nitrogen and oxygen atoms in total. The number of fused-ring (bicyclic) bond motifs is 1. The van der Waals surface area contributed by atoms with Crippen LogP contribution in [0.2, 0.25) is 0 Å². The van der Waals surface area contributed by atoms with Gasteiger partial charge in [0.1, 0.15) is 5.82 Å². The first-order valence-corrected chi connectivity index (χ1v) is 12.0. The van der Waals surface area contributed by atoms with E-state index in [2.05, 4.69) is 57.1 Å². The number of rotatable bonds is 4. The molecule has 0 amide bonds. The van der Waals surface area contributed by atoms with Gasteiger partial charge in [-0.3, -0.25) is 4.90 Å². The molecule has 0 bridgehead atoms. The fourth-order valence-electron chi connectivity index (χ4n) is 4.67. The number of aromatic nitrogens is 2. The number of hydrogen-bond acceptors (Lipinski definition) is 3. The summed E-state index contributed by atoms with van der Waals surface area (Å²) in [5.74, 6) is 0.703. The molecule has 7 heteroatoms. The fourth-order valence-corrected chi connectivity index (χ4v) is 4.67. The number of alkyl halides is 3. The predicted molar refractivity (Wildman–Crippen MR) is 132 cm³/mol. The van der Waals surface area contributed by atoms with Crippen molar-refractivity contribution in [3.63, 3.8) is 0 Å². The molecular formula is C27H33F3N4. The minimum atomic E-state index is -4.35. The minimum Gasteiger partial charge on any atom is -0.382 e. The number of likely N-dealkylation sites (tertiary alicyclic amines) is 1. The maximum atomic E-state index is 13.3. The third-order valence-electron chi connectivity index (χ3n) is 6.69. The van der Waals surface area contributed by atoms with Crippen LogP contribution in [-0.2, 0) is 0 Å². The lowest BCUT2D eigenvalue weighted by Crippen LogP contribution is -2.42. The largest absolute Gasteiger partial charge is 0.413 e. The summed E-state index contributed by atoms with van der Waals surface area (Å²) < 4.78 is 39.8. The Bertz CT molecular complexity index is 1040. The lowest BCUT2D eigenvalue weighted by atomic mass is 9.96. The van der Waals surface area contributed by atoms with Crippen molar-refractivity contribution in [2.45, 2.75) is 63.2 Å². The van der Waals surface area contributed by atoms with Gasteiger partial charge in [-0.2, -0.15) is 13.2 Å². The number of halogens is 3. The van der Waals surface area contributed by atoms with Gasteiger partial charge < -0.3 is 10.3 Å². The zero-order chi connectivity index (χ0) is 24.1. The summed E-state index contributed by atoms with van der Waals surface area (Å²) >= 11 is 0. The molecule has 1 unspecified atom stereocenters. The van der Waals surface area contributed by atoms with Crippen LogP contribution in [-0.4, -0.2) is 40.7 Å². The average Bonchev–Trinajstić information content (AvgIpc) is 3.08. The van der Waals surface area contributed by atoms with Gasteiger partial charge in [-0.15, -0.1) is 0 Å². The van der Waals surface area contributed by atoms with Gasteiger partial charge in [0.2, 0.25) is 0 Å². The quantitative estimate of drug-likeness (QED) is 0.520. The van der Waals surface area contributed by atoms with Gasteiger partial charge in [0.05, 0.1) is 17.4 Å². The highest BCUT2D eigenvalue weighted by molar-refractivity contribution is 5.65. The van der Waals surface area contributed by atoms with E-state index in [0.29, 0.717) is 17.2 Å². The number of aromatic amines is 1. The monoisotopic (exact) mass is 470 g/mol. The van der Waals surface area contributed by atoms with Gasteiger partial charge in [0.15, 0.2) is 0 Å². The van der Waals surface area contributed by atoms with Gasteiger partial charge in [0, 0.05) is 23.9 Å². The first-order valence-electron chi connectivity index (χ1n) is 12.0. The molecule has 4 rings (SSSR count). The molecule has 0 radical (unpaired) electrons. The summed E-state index contributed by atoms with van der Waals surface area (Å²) in [5, 5.41) is 3.60. The van der Waals surface area contributed by atoms with Crippen molar-refractivity contribution in [3.05, 3.63) is 77.1 Å². The van der Waals surface area contributed by atoms with Crippen LogP contribution in [0.15, 0.2) is 59.9 Å². The van der Waals surface area contributed by atoms with Crippen molar-refractivity contribution in [1.82, 2.24) is 20.2 Å². The highest BCUT2D eigenvalue weighted by Crippen LogP contribution is 2.35. The maximum absolute atomic E-state index is 13.3. The van der Waals surface area contributed by atoms with Crippen LogP contribution in [0.1, 0.15) is 68.2 Å². The van der Waals surface area contributed by atoms with E-state index < -0.39 is 11.7 Å². The summed E-state index contributed by atoms with van der Waals surface area (Å²) in [4.78, 5) is 10.1. The zero-order valence-corrected chi connectivity index (χ0v) is 19.7. The van der Waals surface area contributed by atoms with E-state index in [1.807, 2.05) is 7.05 Å². The summed E-state index contributed by atoms with van der Waals surface area (Å²) in [6.07, 6.45) is 17.0. The van der Waals surface area contributed by atoms with Crippen molar-refractivity contribution in [2.24, 2.45) is 0 Å². The second-order valence-electron chi connectivity index (χ2n) is 9.27. The molecule has 34 heavy (non-hydrogen) atoms. The molecule has 182 valence electrons. The molecular weight excluding hydrogens is 437 g/mol. The topological polar surface area (TPSA) is 44.0 Å². The highest BCUT2D eigenvalue weighted by atomic mass is 19.4. The lowest BCUT2D eigenvalue weighted by Gasteiger charge is -2.37. The lowest BCUT2D eigenvalue weighted by molar-refractivity contribution is -0.0919. The molecule has 0 aromatic carbocycles. The molecule has 1 aromatic rings. The number of allylic oxidation sites excluding steroid dienone is 7. The summed E-state index contributed by atoms with van der Waals surface area (Å²) in [6.45, 7) is 5.14. The van der Waals surface area contributed by atoms with Crippen LogP contribution in [0.3, 0.4) is 0 Å². The summed E-state index contributed by atoms with van der Waals surface area (Å²) in [7, 11) is 2.04. The first kappa shape index (κ1) is 24.3. The second kappa shape index (κ2) is 10.6. The van der Waals surface area contributed by atoms with Crippen molar-refractivity contribution in [1.29, 1.82) is 0 Å². The Kier molecular flexibility index (Phi) is 7.61. The van der Waals surface area contributed by atoms with Gasteiger partial charge in [-0.25, -0.2) is 4.98 Å². The third-order valence-corrected chi connectivity index (χ3v) is 6.69. The Balaban J connectivity index is 1.48. The number of hydrogen-bond donors (Lipinski definition) is 2. The normalized spacial score (nSPS) is 25.1. The van der Waals surface area contributed by atoms with E-state index in [1.54, 1.807) is 6.08 Å². The number of imidazole rings is 1. The number of H-pyrrole nitrogens is 1. The Morgan fingerprint density at radius 1 is 1.18 bits per heavy atom. The Hall–Kier alpha value is -2.80. The molecule has 1 fully saturated rings. The van der Waals surface area contributed by atoms with E-state index in [-0.39, 0.29) is 18.5 Å². The van der Waals surface area contributed by atoms with Crippen LogP contribution >= 0.6 is 0 Å². The van der Waals surface area contributed by atoms with Crippen LogP contribution in [0.4, 0.5) is 13.2 Å². The molecule has 2 aliphatic carbocycles. The predicted octanol–water partition coefficient (Wildman–Crippen LogP) is 6.62. The van der Waals surface area contributed by atoms with Crippen molar-refractivity contribution < 1.29 is 13.2 Å². The molecule has 1 saturated heterocycles. The average molecular weight is 471 g/mol. The maximum Gasteiger partial charge on any atom is 0.413 e. The molecule has 0 saturated carbocycles. The van der Waals surface area contributed by atoms with E-state index in [0.717, 1.165) is 43.5 Å². The zero-order valence-electron chi connectivity index (χ0n) is 19.7. The van der Waals surface area contributed by atoms with Gasteiger partial charge in [0.25, 0.3) is 0 Å². The first-order chi connectivity index (χ1) is 16.3. The Morgan fingerprint density at radius 2 is 1.97 bits per heavy atom. The van der Waals surface area contributed by atoms with Crippen molar-refractivity contribution in [3.8, 4) is 0 Å². The van der Waals surface area contributed by atoms with E-state index >= 15 is 0 Å². The van der Waals surface area contributed by atoms with Crippen LogP contribution < -0.4 is 5.32 Å². The summed E-state index contributed by atoms with van der Waals surface area (Å²) in [5.41, 5.74) is 2.39. The van der Waals surface area contributed by atoms with Gasteiger partial charge in [-0.1, -0.05) is 43.0 Å². The summed E-state index contributed by atoms with van der Waals surface area (Å²) in [6, 6.07) is 0.180.